The average molecular weight is 319 g/mol. The van der Waals surface area contributed by atoms with Gasteiger partial charge in [0.15, 0.2) is 0 Å². The summed E-state index contributed by atoms with van der Waals surface area (Å²) in [7, 11) is -3.65. The molecule has 5 nitrogen and oxygen atoms in total. The third kappa shape index (κ3) is 4.08. The number of anilines is 1. The Bertz CT molecular complexity index is 767. The van der Waals surface area contributed by atoms with Gasteiger partial charge >= 0.3 is 5.97 Å². The van der Waals surface area contributed by atoms with Crippen LogP contribution >= 0.6 is 0 Å². The maximum atomic E-state index is 12.3. The smallest absolute Gasteiger partial charge is 0.303 e. The second-order valence-corrected chi connectivity index (χ2v) is 6.64. The molecule has 0 fully saturated rings. The highest BCUT2D eigenvalue weighted by atomic mass is 32.2. The van der Waals surface area contributed by atoms with Gasteiger partial charge in [0.1, 0.15) is 0 Å². The Morgan fingerprint density at radius 3 is 2.32 bits per heavy atom. The Balaban J connectivity index is 2.16. The SMILES string of the molecule is Cc1ccccc1NS(=O)(=O)c1ccc(CCC(=O)O)cc1. The molecule has 2 aromatic carbocycles. The fourth-order valence-electron chi connectivity index (χ4n) is 1.98. The Hall–Kier alpha value is -2.34. The van der Waals surface area contributed by atoms with Crippen molar-refractivity contribution in [1.29, 1.82) is 0 Å². The molecule has 2 N–H and O–H groups in total. The molecule has 0 unspecified atom stereocenters. The highest BCUT2D eigenvalue weighted by Gasteiger charge is 2.15. The topological polar surface area (TPSA) is 83.5 Å². The lowest BCUT2D eigenvalue weighted by atomic mass is 10.1. The van der Waals surface area contributed by atoms with Gasteiger partial charge in [-0.15, -0.1) is 0 Å². The summed E-state index contributed by atoms with van der Waals surface area (Å²) in [5, 5.41) is 8.64. The zero-order chi connectivity index (χ0) is 16.2. The Labute approximate surface area is 129 Å². The summed E-state index contributed by atoms with van der Waals surface area (Å²) in [6.07, 6.45) is 0.397. The van der Waals surface area contributed by atoms with Crippen LogP contribution < -0.4 is 4.72 Å². The van der Waals surface area contributed by atoms with Crippen LogP contribution in [0.4, 0.5) is 5.69 Å². The van der Waals surface area contributed by atoms with Crippen LogP contribution in [-0.2, 0) is 21.2 Å². The molecule has 0 aliphatic rings. The number of aliphatic carboxylic acids is 1. The van der Waals surface area contributed by atoms with E-state index in [0.29, 0.717) is 12.1 Å². The van der Waals surface area contributed by atoms with Crippen LogP contribution in [0.1, 0.15) is 17.5 Å². The van der Waals surface area contributed by atoms with Gasteiger partial charge in [-0.25, -0.2) is 8.42 Å². The van der Waals surface area contributed by atoms with Gasteiger partial charge in [0, 0.05) is 6.42 Å². The number of benzene rings is 2. The largest absolute Gasteiger partial charge is 0.481 e. The van der Waals surface area contributed by atoms with Gasteiger partial charge in [-0.05, 0) is 42.7 Å². The molecular weight excluding hydrogens is 302 g/mol. The van der Waals surface area contributed by atoms with E-state index in [2.05, 4.69) is 4.72 Å². The first kappa shape index (κ1) is 16.0. The quantitative estimate of drug-likeness (QED) is 0.857. The maximum Gasteiger partial charge on any atom is 0.303 e. The van der Waals surface area contributed by atoms with Crippen molar-refractivity contribution < 1.29 is 18.3 Å². The minimum absolute atomic E-state index is 0.0214. The average Bonchev–Trinajstić information content (AvgIpc) is 2.48. The molecule has 0 heterocycles. The summed E-state index contributed by atoms with van der Waals surface area (Å²) in [5.41, 5.74) is 2.17. The Kier molecular flexibility index (Phi) is 4.82. The van der Waals surface area contributed by atoms with Crippen molar-refractivity contribution >= 4 is 21.7 Å². The van der Waals surface area contributed by atoms with Crippen LogP contribution in [0.5, 0.6) is 0 Å². The molecule has 0 atom stereocenters. The van der Waals surface area contributed by atoms with Gasteiger partial charge in [-0.2, -0.15) is 0 Å². The molecule has 0 radical (unpaired) electrons. The van der Waals surface area contributed by atoms with Crippen molar-refractivity contribution in [3.63, 3.8) is 0 Å². The predicted molar refractivity (Wildman–Crippen MR) is 84.4 cm³/mol. The van der Waals surface area contributed by atoms with Crippen molar-refractivity contribution in [2.75, 3.05) is 4.72 Å². The number of carbonyl (C=O) groups is 1. The predicted octanol–water partition coefficient (Wildman–Crippen LogP) is 2.81. The van der Waals surface area contributed by atoms with Gasteiger partial charge in [-0.3, -0.25) is 9.52 Å². The van der Waals surface area contributed by atoms with E-state index in [4.69, 9.17) is 5.11 Å². The van der Waals surface area contributed by atoms with Crippen LogP contribution in [0.3, 0.4) is 0 Å². The molecule has 116 valence electrons. The summed E-state index contributed by atoms with van der Waals surface area (Å²) >= 11 is 0. The van der Waals surface area contributed by atoms with E-state index < -0.39 is 16.0 Å². The summed E-state index contributed by atoms with van der Waals surface area (Å²) in [5.74, 6) is -0.877. The minimum Gasteiger partial charge on any atom is -0.481 e. The van der Waals surface area contributed by atoms with Gasteiger partial charge in [0.25, 0.3) is 10.0 Å². The number of aryl methyl sites for hydroxylation is 2. The van der Waals surface area contributed by atoms with E-state index in [1.54, 1.807) is 24.3 Å². The lowest BCUT2D eigenvalue weighted by molar-refractivity contribution is -0.136. The third-order valence-corrected chi connectivity index (χ3v) is 4.63. The van der Waals surface area contributed by atoms with Crippen LogP contribution in [0.2, 0.25) is 0 Å². The van der Waals surface area contributed by atoms with E-state index in [0.717, 1.165) is 11.1 Å². The normalized spacial score (nSPS) is 11.1. The summed E-state index contributed by atoms with van der Waals surface area (Å²) in [6.45, 7) is 1.83. The second-order valence-electron chi connectivity index (χ2n) is 4.96. The number of hydrogen-bond donors (Lipinski definition) is 2. The van der Waals surface area contributed by atoms with Crippen molar-refractivity contribution in [1.82, 2.24) is 0 Å². The molecule has 22 heavy (non-hydrogen) atoms. The van der Waals surface area contributed by atoms with Crippen molar-refractivity contribution in [3.05, 3.63) is 59.7 Å². The fourth-order valence-corrected chi connectivity index (χ4v) is 3.11. The lowest BCUT2D eigenvalue weighted by Gasteiger charge is -2.10. The number of nitrogens with one attached hydrogen (secondary N) is 1. The molecule has 0 saturated carbocycles. The van der Waals surface area contributed by atoms with Crippen molar-refractivity contribution in [3.8, 4) is 0 Å². The van der Waals surface area contributed by atoms with E-state index >= 15 is 0 Å². The van der Waals surface area contributed by atoms with Crippen LogP contribution in [-0.4, -0.2) is 19.5 Å². The van der Waals surface area contributed by atoms with Crippen LogP contribution in [0, 0.1) is 6.92 Å². The van der Waals surface area contributed by atoms with Gasteiger partial charge in [-0.1, -0.05) is 30.3 Å². The highest BCUT2D eigenvalue weighted by Crippen LogP contribution is 2.19. The number of para-hydroxylation sites is 1. The molecule has 6 heteroatoms. The van der Waals surface area contributed by atoms with Crippen LogP contribution in [0.15, 0.2) is 53.4 Å². The first-order valence-corrected chi connectivity index (χ1v) is 8.26. The highest BCUT2D eigenvalue weighted by molar-refractivity contribution is 7.92. The monoisotopic (exact) mass is 319 g/mol. The molecule has 0 spiro atoms. The van der Waals surface area contributed by atoms with Crippen LogP contribution in [0.25, 0.3) is 0 Å². The molecule has 0 aliphatic heterocycles. The van der Waals surface area contributed by atoms with Crippen molar-refractivity contribution in [2.24, 2.45) is 0 Å². The maximum absolute atomic E-state index is 12.3. The third-order valence-electron chi connectivity index (χ3n) is 3.25. The second kappa shape index (κ2) is 6.62. The van der Waals surface area contributed by atoms with Gasteiger partial charge in [0.2, 0.25) is 0 Å². The zero-order valence-electron chi connectivity index (χ0n) is 12.1. The standard InChI is InChI=1S/C16H17NO4S/c1-12-4-2-3-5-15(12)17-22(20,21)14-9-6-13(7-10-14)8-11-16(18)19/h2-7,9-10,17H,8,11H2,1H3,(H,18,19). The number of carboxylic acid groups (broad SMARTS) is 1. The van der Waals surface area contributed by atoms with E-state index in [1.807, 2.05) is 19.1 Å². The summed E-state index contributed by atoms with van der Waals surface area (Å²) in [4.78, 5) is 10.7. The molecule has 2 aromatic rings. The number of rotatable bonds is 6. The Morgan fingerprint density at radius 2 is 1.73 bits per heavy atom. The van der Waals surface area contributed by atoms with Gasteiger partial charge < -0.3 is 5.11 Å². The van der Waals surface area contributed by atoms with Crippen molar-refractivity contribution in [2.45, 2.75) is 24.7 Å². The first-order valence-electron chi connectivity index (χ1n) is 6.78. The molecule has 0 aromatic heterocycles. The zero-order valence-corrected chi connectivity index (χ0v) is 12.9. The fraction of sp³-hybridized carbons (Fsp3) is 0.188. The summed E-state index contributed by atoms with van der Waals surface area (Å²) < 4.78 is 27.2. The number of carboxylic acids is 1. The lowest BCUT2D eigenvalue weighted by Crippen LogP contribution is -2.13. The molecular formula is C16H17NO4S. The number of hydrogen-bond acceptors (Lipinski definition) is 3. The molecule has 2 rings (SSSR count). The van der Waals surface area contributed by atoms with E-state index in [1.165, 1.54) is 12.1 Å². The van der Waals surface area contributed by atoms with Gasteiger partial charge in [0.05, 0.1) is 10.6 Å². The van der Waals surface area contributed by atoms with E-state index in [9.17, 15) is 13.2 Å². The molecule has 0 bridgehead atoms. The minimum atomic E-state index is -3.65. The molecule has 0 aliphatic carbocycles. The Morgan fingerprint density at radius 1 is 1.09 bits per heavy atom. The molecule has 0 saturated heterocycles. The molecule has 0 amide bonds. The first-order chi connectivity index (χ1) is 10.4. The number of sulfonamides is 1. The van der Waals surface area contributed by atoms with E-state index in [-0.39, 0.29) is 11.3 Å². The summed E-state index contributed by atoms with van der Waals surface area (Å²) in [6, 6.07) is 13.4.